The van der Waals surface area contributed by atoms with Crippen molar-refractivity contribution in [2.75, 3.05) is 25.0 Å². The van der Waals surface area contributed by atoms with Crippen molar-refractivity contribution in [1.29, 1.82) is 0 Å². The third-order valence-electron chi connectivity index (χ3n) is 6.88. The van der Waals surface area contributed by atoms with Crippen LogP contribution in [0.2, 0.25) is 0 Å². The Bertz CT molecular complexity index is 1020. The van der Waals surface area contributed by atoms with Gasteiger partial charge in [0.25, 0.3) is 5.91 Å². The molecule has 10 heteroatoms. The summed E-state index contributed by atoms with van der Waals surface area (Å²) in [5.74, 6) is 0.0383. The highest BCUT2D eigenvalue weighted by atomic mass is 32.2. The average Bonchev–Trinajstić information content (AvgIpc) is 3.31. The summed E-state index contributed by atoms with van der Waals surface area (Å²) in [7, 11) is -3.59. The number of hydrogen-bond donors (Lipinski definition) is 2. The van der Waals surface area contributed by atoms with Crippen LogP contribution in [-0.2, 0) is 19.6 Å². The van der Waals surface area contributed by atoms with Crippen molar-refractivity contribution in [3.63, 3.8) is 0 Å². The van der Waals surface area contributed by atoms with Crippen LogP contribution in [0.5, 0.6) is 0 Å². The van der Waals surface area contributed by atoms with Gasteiger partial charge in [0.1, 0.15) is 5.54 Å². The van der Waals surface area contributed by atoms with Crippen LogP contribution in [0.1, 0.15) is 52.4 Å². The van der Waals surface area contributed by atoms with Gasteiger partial charge in [0.05, 0.1) is 4.90 Å². The summed E-state index contributed by atoms with van der Waals surface area (Å²) in [5.41, 5.74) is -0.317. The van der Waals surface area contributed by atoms with Gasteiger partial charge < -0.3 is 10.6 Å². The lowest BCUT2D eigenvalue weighted by molar-refractivity contribution is -0.131. The van der Waals surface area contributed by atoms with Gasteiger partial charge in [-0.15, -0.1) is 0 Å². The van der Waals surface area contributed by atoms with Crippen molar-refractivity contribution < 1.29 is 22.8 Å². The number of sulfonamides is 1. The van der Waals surface area contributed by atoms with Gasteiger partial charge in [0.15, 0.2) is 0 Å². The van der Waals surface area contributed by atoms with Crippen LogP contribution < -0.4 is 10.6 Å². The number of carbonyl (C=O) groups excluding carboxylic acids is 3. The Labute approximate surface area is 194 Å². The van der Waals surface area contributed by atoms with Crippen LogP contribution in [0, 0.1) is 11.8 Å². The van der Waals surface area contributed by atoms with E-state index in [1.165, 1.54) is 16.4 Å². The largest absolute Gasteiger partial charge is 0.326 e. The summed E-state index contributed by atoms with van der Waals surface area (Å²) >= 11 is 0. The molecule has 2 N–H and O–H groups in total. The minimum atomic E-state index is -3.59. The Morgan fingerprint density at radius 1 is 1.09 bits per heavy atom. The molecule has 3 aliphatic rings. The topological polar surface area (TPSA) is 116 Å². The maximum absolute atomic E-state index is 13.0. The Hall–Kier alpha value is -2.46. The van der Waals surface area contributed by atoms with E-state index in [4.69, 9.17) is 0 Å². The molecule has 0 radical (unpaired) electrons. The first-order chi connectivity index (χ1) is 15.6. The van der Waals surface area contributed by atoms with Crippen LogP contribution in [0.4, 0.5) is 10.5 Å². The fourth-order valence-electron chi connectivity index (χ4n) is 5.29. The van der Waals surface area contributed by atoms with E-state index in [0.29, 0.717) is 43.5 Å². The number of benzene rings is 1. The molecule has 180 valence electrons. The molecule has 2 aliphatic heterocycles. The summed E-state index contributed by atoms with van der Waals surface area (Å²) < 4.78 is 27.5. The van der Waals surface area contributed by atoms with Crippen LogP contribution >= 0.6 is 0 Å². The third kappa shape index (κ3) is 4.77. The quantitative estimate of drug-likeness (QED) is 0.612. The van der Waals surface area contributed by atoms with E-state index < -0.39 is 21.6 Å². The highest BCUT2D eigenvalue weighted by Crippen LogP contribution is 2.35. The number of urea groups is 1. The fourth-order valence-corrected chi connectivity index (χ4v) is 6.97. The first-order valence-electron chi connectivity index (χ1n) is 11.6. The monoisotopic (exact) mass is 476 g/mol. The molecule has 1 saturated carbocycles. The van der Waals surface area contributed by atoms with E-state index >= 15 is 0 Å². The second-order valence-electron chi connectivity index (χ2n) is 9.77. The second-order valence-corrected chi connectivity index (χ2v) is 11.7. The first kappa shape index (κ1) is 23.7. The van der Waals surface area contributed by atoms with Crippen molar-refractivity contribution in [1.82, 2.24) is 14.5 Å². The van der Waals surface area contributed by atoms with Crippen LogP contribution in [0.15, 0.2) is 29.2 Å². The Kier molecular flexibility index (Phi) is 6.50. The molecular weight excluding hydrogens is 444 g/mol. The number of hydrogen-bond acceptors (Lipinski definition) is 5. The third-order valence-corrected chi connectivity index (χ3v) is 8.72. The number of nitrogens with one attached hydrogen (secondary N) is 2. The zero-order valence-corrected chi connectivity index (χ0v) is 20.0. The molecule has 4 rings (SSSR count). The van der Waals surface area contributed by atoms with Crippen molar-refractivity contribution >= 4 is 33.6 Å². The summed E-state index contributed by atoms with van der Waals surface area (Å²) in [4.78, 5) is 38.6. The number of anilines is 1. The SMILES string of the molecule is C[C@@H]1C[C@@H](C)CN(S(=O)(=O)c2ccc(NC(=O)CCN3C(=O)NC4(CCCC4)C3=O)cc2)C1. The second kappa shape index (κ2) is 9.06. The average molecular weight is 477 g/mol. The number of nitrogens with zero attached hydrogens (tertiary/aromatic N) is 2. The number of amides is 4. The van der Waals surface area contributed by atoms with E-state index in [1.807, 2.05) is 0 Å². The molecule has 33 heavy (non-hydrogen) atoms. The summed E-state index contributed by atoms with van der Waals surface area (Å²) in [6.07, 6.45) is 4.08. The number of carbonyl (C=O) groups is 3. The molecule has 1 aromatic carbocycles. The molecule has 2 heterocycles. The molecule has 3 fully saturated rings. The molecule has 9 nitrogen and oxygen atoms in total. The van der Waals surface area contributed by atoms with Crippen molar-refractivity contribution in [3.8, 4) is 0 Å². The maximum atomic E-state index is 13.0. The van der Waals surface area contributed by atoms with E-state index in [0.717, 1.165) is 24.2 Å². The van der Waals surface area contributed by atoms with Gasteiger partial charge in [0, 0.05) is 31.7 Å². The molecule has 0 unspecified atom stereocenters. The minimum Gasteiger partial charge on any atom is -0.326 e. The zero-order chi connectivity index (χ0) is 23.8. The van der Waals surface area contributed by atoms with Crippen LogP contribution in [-0.4, -0.2) is 60.6 Å². The summed E-state index contributed by atoms with van der Waals surface area (Å²) in [6, 6.07) is 5.67. The van der Waals surface area contributed by atoms with E-state index in [9.17, 15) is 22.8 Å². The molecule has 1 aromatic rings. The highest BCUT2D eigenvalue weighted by molar-refractivity contribution is 7.89. The van der Waals surface area contributed by atoms with Gasteiger partial charge in [-0.3, -0.25) is 14.5 Å². The van der Waals surface area contributed by atoms with Crippen LogP contribution in [0.3, 0.4) is 0 Å². The highest BCUT2D eigenvalue weighted by Gasteiger charge is 2.52. The van der Waals surface area contributed by atoms with E-state index in [2.05, 4.69) is 24.5 Å². The van der Waals surface area contributed by atoms with Crippen molar-refractivity contribution in [3.05, 3.63) is 24.3 Å². The standard InChI is InChI=1S/C23H32N4O5S/c1-16-13-17(2)15-26(14-16)33(31,32)19-7-5-18(6-8-19)24-20(28)9-12-27-21(29)23(25-22(27)30)10-3-4-11-23/h5-8,16-17H,3-4,9-15H2,1-2H3,(H,24,28)(H,25,30)/t16-,17-/m1/s1. The lowest BCUT2D eigenvalue weighted by Crippen LogP contribution is -2.44. The first-order valence-corrected chi connectivity index (χ1v) is 13.1. The molecule has 0 aromatic heterocycles. The van der Waals surface area contributed by atoms with Gasteiger partial charge in [-0.05, 0) is 55.4 Å². The molecule has 2 saturated heterocycles. The molecule has 1 spiro atoms. The van der Waals surface area contributed by atoms with Crippen molar-refractivity contribution in [2.24, 2.45) is 11.8 Å². The Balaban J connectivity index is 1.33. The summed E-state index contributed by atoms with van der Waals surface area (Å²) in [6.45, 7) is 5.15. The molecular formula is C23H32N4O5S. The van der Waals surface area contributed by atoms with Gasteiger partial charge in [-0.2, -0.15) is 4.31 Å². The predicted molar refractivity (Wildman–Crippen MR) is 123 cm³/mol. The van der Waals surface area contributed by atoms with Gasteiger partial charge in [-0.1, -0.05) is 26.7 Å². The zero-order valence-electron chi connectivity index (χ0n) is 19.2. The van der Waals surface area contributed by atoms with E-state index in [1.54, 1.807) is 12.1 Å². The lowest BCUT2D eigenvalue weighted by atomic mass is 9.94. The molecule has 2 atom stereocenters. The normalized spacial score (nSPS) is 25.5. The Morgan fingerprint density at radius 3 is 2.30 bits per heavy atom. The summed E-state index contributed by atoms with van der Waals surface area (Å²) in [5, 5.41) is 5.51. The molecule has 1 aliphatic carbocycles. The maximum Gasteiger partial charge on any atom is 0.325 e. The lowest BCUT2D eigenvalue weighted by Gasteiger charge is -2.34. The van der Waals surface area contributed by atoms with E-state index in [-0.39, 0.29) is 29.7 Å². The van der Waals surface area contributed by atoms with Gasteiger partial charge >= 0.3 is 6.03 Å². The number of imide groups is 1. The van der Waals surface area contributed by atoms with Gasteiger partial charge in [-0.25, -0.2) is 13.2 Å². The molecule has 0 bridgehead atoms. The Morgan fingerprint density at radius 2 is 1.70 bits per heavy atom. The van der Waals surface area contributed by atoms with Crippen molar-refractivity contribution in [2.45, 2.75) is 62.8 Å². The number of rotatable bonds is 6. The predicted octanol–water partition coefficient (Wildman–Crippen LogP) is 2.55. The minimum absolute atomic E-state index is 0.00996. The molecule has 4 amide bonds. The fraction of sp³-hybridized carbons (Fsp3) is 0.609. The van der Waals surface area contributed by atoms with Gasteiger partial charge in [0.2, 0.25) is 15.9 Å². The number of piperidine rings is 1. The smallest absolute Gasteiger partial charge is 0.325 e. The van der Waals surface area contributed by atoms with Crippen LogP contribution in [0.25, 0.3) is 0 Å².